The van der Waals surface area contributed by atoms with E-state index in [4.69, 9.17) is 0 Å². The number of hydrogen-bond acceptors (Lipinski definition) is 5. The molecule has 1 unspecified atom stereocenters. The van der Waals surface area contributed by atoms with Gasteiger partial charge in [-0.05, 0) is 70.0 Å². The Morgan fingerprint density at radius 1 is 0.968 bits per heavy atom. The van der Waals surface area contributed by atoms with Gasteiger partial charge in [-0.25, -0.2) is 21.6 Å². The first-order valence-electron chi connectivity index (χ1n) is 10.0. The van der Waals surface area contributed by atoms with Gasteiger partial charge >= 0.3 is 0 Å². The van der Waals surface area contributed by atoms with Crippen LogP contribution in [0, 0.1) is 6.92 Å². The number of anilines is 1. The maximum Gasteiger partial charge on any atom is 0.243 e. The fourth-order valence-electron chi connectivity index (χ4n) is 3.46. The number of carbonyl (C=O) groups excluding carboxylic acids is 1. The summed E-state index contributed by atoms with van der Waals surface area (Å²) in [4.78, 5) is 13.1. The first-order valence-corrected chi connectivity index (χ1v) is 12.9. The molecule has 168 valence electrons. The summed E-state index contributed by atoms with van der Waals surface area (Å²) in [6.07, 6.45) is 1.00. The largest absolute Gasteiger partial charge is 0.325 e. The van der Waals surface area contributed by atoms with Gasteiger partial charge in [0.2, 0.25) is 26.0 Å². The average Bonchev–Trinajstić information content (AvgIpc) is 3.19. The van der Waals surface area contributed by atoms with Gasteiger partial charge in [-0.3, -0.25) is 4.79 Å². The Hall–Kier alpha value is -2.27. The SMILES string of the molecule is Cc1ccc(S(=O)(=O)N2CCCC2C(=O)Nc2ccc(S(=O)(=O)NC(C)C)cc2)cc1. The van der Waals surface area contributed by atoms with E-state index in [1.165, 1.54) is 28.6 Å². The Morgan fingerprint density at radius 2 is 1.55 bits per heavy atom. The van der Waals surface area contributed by atoms with Crippen molar-refractivity contribution >= 4 is 31.6 Å². The predicted octanol–water partition coefficient (Wildman–Crippen LogP) is 2.47. The third kappa shape index (κ3) is 5.32. The lowest BCUT2D eigenvalue weighted by Crippen LogP contribution is -2.43. The van der Waals surface area contributed by atoms with Crippen LogP contribution in [-0.2, 0) is 24.8 Å². The van der Waals surface area contributed by atoms with Crippen molar-refractivity contribution in [1.82, 2.24) is 9.03 Å². The van der Waals surface area contributed by atoms with E-state index < -0.39 is 32.0 Å². The molecule has 0 bridgehead atoms. The number of nitrogens with zero attached hydrogens (tertiary/aromatic N) is 1. The van der Waals surface area contributed by atoms with E-state index in [2.05, 4.69) is 10.0 Å². The third-order valence-corrected chi connectivity index (χ3v) is 8.55. The highest BCUT2D eigenvalue weighted by Crippen LogP contribution is 2.27. The molecule has 0 saturated carbocycles. The van der Waals surface area contributed by atoms with Crippen molar-refractivity contribution in [3.05, 3.63) is 54.1 Å². The highest BCUT2D eigenvalue weighted by molar-refractivity contribution is 7.89. The zero-order valence-corrected chi connectivity index (χ0v) is 19.3. The topological polar surface area (TPSA) is 113 Å². The summed E-state index contributed by atoms with van der Waals surface area (Å²) in [6, 6.07) is 11.2. The van der Waals surface area contributed by atoms with Crippen LogP contribution >= 0.6 is 0 Å². The Balaban J connectivity index is 1.74. The van der Waals surface area contributed by atoms with Gasteiger partial charge in [-0.1, -0.05) is 17.7 Å². The molecule has 1 saturated heterocycles. The van der Waals surface area contributed by atoms with Crippen molar-refractivity contribution < 1.29 is 21.6 Å². The summed E-state index contributed by atoms with van der Waals surface area (Å²) in [6.45, 7) is 5.60. The molecule has 2 aromatic rings. The molecule has 1 atom stereocenters. The fraction of sp³-hybridized carbons (Fsp3) is 0.381. The van der Waals surface area contributed by atoms with Gasteiger partial charge in [0.1, 0.15) is 6.04 Å². The molecule has 1 amide bonds. The lowest BCUT2D eigenvalue weighted by Gasteiger charge is -2.23. The summed E-state index contributed by atoms with van der Waals surface area (Å²) < 4.78 is 54.2. The number of aryl methyl sites for hydroxylation is 1. The maximum absolute atomic E-state index is 13.0. The van der Waals surface area contributed by atoms with E-state index in [9.17, 15) is 21.6 Å². The normalized spacial score (nSPS) is 17.7. The zero-order chi connectivity index (χ0) is 22.8. The summed E-state index contributed by atoms with van der Waals surface area (Å²) in [5, 5.41) is 2.71. The molecule has 8 nitrogen and oxygen atoms in total. The van der Waals surface area contributed by atoms with Crippen molar-refractivity contribution in [2.45, 2.75) is 55.5 Å². The molecule has 1 heterocycles. The molecule has 1 fully saturated rings. The van der Waals surface area contributed by atoms with Crippen LogP contribution in [0.25, 0.3) is 0 Å². The van der Waals surface area contributed by atoms with Crippen LogP contribution in [0.4, 0.5) is 5.69 Å². The van der Waals surface area contributed by atoms with Gasteiger partial charge in [0, 0.05) is 18.3 Å². The first kappa shape index (κ1) is 23.4. The molecule has 31 heavy (non-hydrogen) atoms. The second-order valence-electron chi connectivity index (χ2n) is 7.88. The number of hydrogen-bond donors (Lipinski definition) is 2. The number of rotatable bonds is 7. The van der Waals surface area contributed by atoms with Crippen LogP contribution in [0.2, 0.25) is 0 Å². The fourth-order valence-corrected chi connectivity index (χ4v) is 6.36. The lowest BCUT2D eigenvalue weighted by atomic mass is 10.2. The molecular formula is C21H27N3O5S2. The van der Waals surface area contributed by atoms with Gasteiger partial charge in [-0.2, -0.15) is 4.31 Å². The molecule has 3 rings (SSSR count). The van der Waals surface area contributed by atoms with Crippen molar-refractivity contribution in [3.63, 3.8) is 0 Å². The second kappa shape index (κ2) is 9.07. The summed E-state index contributed by atoms with van der Waals surface area (Å²) in [5.41, 5.74) is 1.34. The number of amides is 1. The molecule has 0 radical (unpaired) electrons. The Morgan fingerprint density at radius 3 is 2.13 bits per heavy atom. The number of benzene rings is 2. The minimum Gasteiger partial charge on any atom is -0.325 e. The van der Waals surface area contributed by atoms with E-state index in [0.29, 0.717) is 18.5 Å². The molecule has 0 aromatic heterocycles. The van der Waals surface area contributed by atoms with E-state index in [0.717, 1.165) is 5.56 Å². The quantitative estimate of drug-likeness (QED) is 0.652. The lowest BCUT2D eigenvalue weighted by molar-refractivity contribution is -0.119. The van der Waals surface area contributed by atoms with Crippen LogP contribution in [0.1, 0.15) is 32.3 Å². The highest BCUT2D eigenvalue weighted by Gasteiger charge is 2.39. The predicted molar refractivity (Wildman–Crippen MR) is 119 cm³/mol. The van der Waals surface area contributed by atoms with Gasteiger partial charge in [0.25, 0.3) is 0 Å². The van der Waals surface area contributed by atoms with Crippen molar-refractivity contribution in [1.29, 1.82) is 0 Å². The summed E-state index contributed by atoms with van der Waals surface area (Å²) in [7, 11) is -7.43. The van der Waals surface area contributed by atoms with Crippen LogP contribution in [-0.4, -0.2) is 45.7 Å². The Labute approximate surface area is 183 Å². The van der Waals surface area contributed by atoms with Crippen molar-refractivity contribution in [3.8, 4) is 0 Å². The number of carbonyl (C=O) groups is 1. The second-order valence-corrected chi connectivity index (χ2v) is 11.5. The van der Waals surface area contributed by atoms with Gasteiger partial charge in [0.05, 0.1) is 9.79 Å². The minimum atomic E-state index is -3.79. The van der Waals surface area contributed by atoms with Crippen LogP contribution in [0.15, 0.2) is 58.3 Å². The molecule has 2 N–H and O–H groups in total. The Bertz CT molecular complexity index is 1140. The van der Waals surface area contributed by atoms with Gasteiger partial charge in [-0.15, -0.1) is 0 Å². The molecular weight excluding hydrogens is 438 g/mol. The first-order chi connectivity index (χ1) is 14.5. The third-order valence-electron chi connectivity index (χ3n) is 4.96. The standard InChI is InChI=1S/C21H27N3O5S2/c1-15(2)23-30(26,27)18-12-8-17(9-13-18)22-21(25)20-5-4-14-24(20)31(28,29)19-10-6-16(3)7-11-19/h6-13,15,20,23H,4-5,14H2,1-3H3,(H,22,25). The highest BCUT2D eigenvalue weighted by atomic mass is 32.2. The molecule has 10 heteroatoms. The van der Waals surface area contributed by atoms with Crippen LogP contribution in [0.3, 0.4) is 0 Å². The molecule has 1 aliphatic rings. The van der Waals surface area contributed by atoms with Gasteiger partial charge in [0.15, 0.2) is 0 Å². The van der Waals surface area contributed by atoms with E-state index in [1.807, 2.05) is 6.92 Å². The smallest absolute Gasteiger partial charge is 0.243 e. The average molecular weight is 466 g/mol. The summed E-state index contributed by atoms with van der Waals surface area (Å²) >= 11 is 0. The van der Waals surface area contributed by atoms with E-state index in [1.54, 1.807) is 38.1 Å². The van der Waals surface area contributed by atoms with Crippen molar-refractivity contribution in [2.75, 3.05) is 11.9 Å². The van der Waals surface area contributed by atoms with Crippen LogP contribution < -0.4 is 10.0 Å². The number of nitrogens with one attached hydrogen (secondary N) is 2. The number of sulfonamides is 2. The minimum absolute atomic E-state index is 0.0867. The monoisotopic (exact) mass is 465 g/mol. The van der Waals surface area contributed by atoms with Crippen molar-refractivity contribution in [2.24, 2.45) is 0 Å². The molecule has 0 aliphatic carbocycles. The molecule has 1 aliphatic heterocycles. The summed E-state index contributed by atoms with van der Waals surface area (Å²) in [5.74, 6) is -0.441. The van der Waals surface area contributed by atoms with E-state index >= 15 is 0 Å². The van der Waals surface area contributed by atoms with E-state index in [-0.39, 0.29) is 22.4 Å². The molecule has 0 spiro atoms. The maximum atomic E-state index is 13.0. The van der Waals surface area contributed by atoms with Crippen LogP contribution in [0.5, 0.6) is 0 Å². The Kier molecular flexibility index (Phi) is 6.85. The molecule has 2 aromatic carbocycles. The van der Waals surface area contributed by atoms with Gasteiger partial charge < -0.3 is 5.32 Å². The zero-order valence-electron chi connectivity index (χ0n) is 17.7.